The predicted octanol–water partition coefficient (Wildman–Crippen LogP) is 5.80. The lowest BCUT2D eigenvalue weighted by atomic mass is 10.1. The first-order valence-corrected chi connectivity index (χ1v) is 8.46. The monoisotopic (exact) mass is 357 g/mol. The molecule has 1 unspecified atom stereocenters. The van der Waals surface area contributed by atoms with Gasteiger partial charge in [0.15, 0.2) is 0 Å². The zero-order valence-electron chi connectivity index (χ0n) is 10.8. The van der Waals surface area contributed by atoms with E-state index in [9.17, 15) is 0 Å². The van der Waals surface area contributed by atoms with Gasteiger partial charge < -0.3 is 5.32 Å². The summed E-state index contributed by atoms with van der Waals surface area (Å²) in [5.41, 5.74) is 1.20. The van der Waals surface area contributed by atoms with Gasteiger partial charge in [-0.15, -0.1) is 11.3 Å². The molecule has 0 bridgehead atoms. The Hall–Kier alpha value is -0.350. The second-order valence-corrected chi connectivity index (χ2v) is 6.74. The summed E-state index contributed by atoms with van der Waals surface area (Å²) >= 11 is 11.4. The highest BCUT2D eigenvalue weighted by Gasteiger charge is 2.11. The first-order valence-electron chi connectivity index (χ1n) is 6.41. The molecule has 1 nitrogen and oxygen atoms in total. The average molecular weight is 359 g/mol. The van der Waals surface area contributed by atoms with Gasteiger partial charge in [0.1, 0.15) is 0 Å². The lowest BCUT2D eigenvalue weighted by Gasteiger charge is -2.17. The van der Waals surface area contributed by atoms with Crippen LogP contribution in [0.5, 0.6) is 0 Å². The van der Waals surface area contributed by atoms with Gasteiger partial charge in [-0.3, -0.25) is 0 Å². The maximum Gasteiger partial charge on any atom is 0.0417 e. The maximum absolute atomic E-state index is 6.05. The summed E-state index contributed by atoms with van der Waals surface area (Å²) < 4.78 is 1.10. The molecule has 1 atom stereocenters. The van der Waals surface area contributed by atoms with E-state index in [2.05, 4.69) is 45.7 Å². The third-order valence-electron chi connectivity index (χ3n) is 3.01. The molecule has 19 heavy (non-hydrogen) atoms. The van der Waals surface area contributed by atoms with Gasteiger partial charge in [0.2, 0.25) is 0 Å². The summed E-state index contributed by atoms with van der Waals surface area (Å²) in [6.45, 7) is 3.04. The maximum atomic E-state index is 6.05. The summed E-state index contributed by atoms with van der Waals surface area (Å²) in [7, 11) is 0. The Balaban J connectivity index is 2.04. The normalized spacial score (nSPS) is 12.6. The van der Waals surface area contributed by atoms with E-state index in [1.807, 2.05) is 29.5 Å². The SMILES string of the molecule is CCCC(NCc1cc(Cl)ccc1Br)c1cccs1. The summed E-state index contributed by atoms with van der Waals surface area (Å²) in [6, 6.07) is 10.6. The van der Waals surface area contributed by atoms with Crippen LogP contribution < -0.4 is 5.32 Å². The quantitative estimate of drug-likeness (QED) is 0.688. The summed E-state index contributed by atoms with van der Waals surface area (Å²) in [6.07, 6.45) is 2.32. The minimum atomic E-state index is 0.427. The molecule has 0 aliphatic carbocycles. The van der Waals surface area contributed by atoms with Crippen LogP contribution in [-0.4, -0.2) is 0 Å². The number of thiophene rings is 1. The van der Waals surface area contributed by atoms with Gasteiger partial charge in [0.05, 0.1) is 0 Å². The highest BCUT2D eigenvalue weighted by atomic mass is 79.9. The van der Waals surface area contributed by atoms with Crippen LogP contribution in [0.4, 0.5) is 0 Å². The zero-order chi connectivity index (χ0) is 13.7. The molecule has 1 aromatic heterocycles. The second kappa shape index (κ2) is 7.44. The summed E-state index contributed by atoms with van der Waals surface area (Å²) in [5.74, 6) is 0. The number of rotatable bonds is 6. The Labute approximate surface area is 132 Å². The van der Waals surface area contributed by atoms with Crippen LogP contribution in [0.15, 0.2) is 40.2 Å². The van der Waals surface area contributed by atoms with Crippen molar-refractivity contribution in [2.75, 3.05) is 0 Å². The van der Waals surface area contributed by atoms with Gasteiger partial charge in [-0.05, 0) is 41.6 Å². The molecular weight excluding hydrogens is 342 g/mol. The van der Waals surface area contributed by atoms with Crippen LogP contribution in [0.3, 0.4) is 0 Å². The van der Waals surface area contributed by atoms with E-state index in [0.29, 0.717) is 6.04 Å². The van der Waals surface area contributed by atoms with Crippen LogP contribution in [0.2, 0.25) is 5.02 Å². The minimum absolute atomic E-state index is 0.427. The van der Waals surface area contributed by atoms with Gasteiger partial charge >= 0.3 is 0 Å². The third kappa shape index (κ3) is 4.32. The number of halogens is 2. The number of benzene rings is 1. The minimum Gasteiger partial charge on any atom is -0.305 e. The molecule has 0 aliphatic heterocycles. The van der Waals surface area contributed by atoms with E-state index in [0.717, 1.165) is 22.5 Å². The lowest BCUT2D eigenvalue weighted by Crippen LogP contribution is -2.20. The van der Waals surface area contributed by atoms with Crippen molar-refractivity contribution in [3.63, 3.8) is 0 Å². The smallest absolute Gasteiger partial charge is 0.0417 e. The van der Waals surface area contributed by atoms with Crippen molar-refractivity contribution in [3.8, 4) is 0 Å². The molecule has 0 saturated carbocycles. The van der Waals surface area contributed by atoms with Crippen molar-refractivity contribution in [3.05, 3.63) is 55.6 Å². The predicted molar refractivity (Wildman–Crippen MR) is 88.0 cm³/mol. The van der Waals surface area contributed by atoms with Crippen LogP contribution in [-0.2, 0) is 6.54 Å². The Morgan fingerprint density at radius 3 is 2.89 bits per heavy atom. The van der Waals surface area contributed by atoms with Gasteiger partial charge in [0.25, 0.3) is 0 Å². The zero-order valence-corrected chi connectivity index (χ0v) is 14.0. The van der Waals surface area contributed by atoms with Crippen molar-refractivity contribution in [1.82, 2.24) is 5.32 Å². The molecule has 2 aromatic rings. The summed E-state index contributed by atoms with van der Waals surface area (Å²) in [5, 5.41) is 6.54. The Morgan fingerprint density at radius 2 is 2.21 bits per heavy atom. The molecule has 0 fully saturated rings. The van der Waals surface area contributed by atoms with E-state index in [1.165, 1.54) is 16.9 Å². The van der Waals surface area contributed by atoms with Gasteiger partial charge in [-0.2, -0.15) is 0 Å². The standard InChI is InChI=1S/C15H17BrClNS/c1-2-4-14(15-5-3-8-19-15)18-10-11-9-12(17)6-7-13(11)16/h3,5-9,14,18H,2,4,10H2,1H3. The van der Waals surface area contributed by atoms with Crippen molar-refractivity contribution >= 4 is 38.9 Å². The Bertz CT molecular complexity index is 513. The van der Waals surface area contributed by atoms with Gasteiger partial charge in [-0.1, -0.05) is 46.9 Å². The highest BCUT2D eigenvalue weighted by Crippen LogP contribution is 2.26. The van der Waals surface area contributed by atoms with E-state index in [4.69, 9.17) is 11.6 Å². The van der Waals surface area contributed by atoms with Crippen molar-refractivity contribution in [2.24, 2.45) is 0 Å². The first kappa shape index (κ1) is 15.0. The highest BCUT2D eigenvalue weighted by molar-refractivity contribution is 9.10. The van der Waals surface area contributed by atoms with Crippen molar-refractivity contribution in [2.45, 2.75) is 32.4 Å². The topological polar surface area (TPSA) is 12.0 Å². The van der Waals surface area contributed by atoms with Crippen LogP contribution in [0, 0.1) is 0 Å². The van der Waals surface area contributed by atoms with Crippen LogP contribution >= 0.6 is 38.9 Å². The first-order chi connectivity index (χ1) is 9.20. The van der Waals surface area contributed by atoms with Gasteiger partial charge in [-0.25, -0.2) is 0 Å². The molecule has 0 aliphatic rings. The van der Waals surface area contributed by atoms with Crippen LogP contribution in [0.1, 0.15) is 36.2 Å². The molecule has 2 rings (SSSR count). The molecule has 4 heteroatoms. The Kier molecular flexibility index (Phi) is 5.89. The number of hydrogen-bond acceptors (Lipinski definition) is 2. The second-order valence-electron chi connectivity index (χ2n) is 4.47. The largest absolute Gasteiger partial charge is 0.305 e. The fourth-order valence-electron chi connectivity index (χ4n) is 2.04. The molecule has 1 aromatic carbocycles. The molecule has 0 saturated heterocycles. The van der Waals surface area contributed by atoms with E-state index >= 15 is 0 Å². The fourth-order valence-corrected chi connectivity index (χ4v) is 3.45. The van der Waals surface area contributed by atoms with E-state index in [1.54, 1.807) is 0 Å². The lowest BCUT2D eigenvalue weighted by molar-refractivity contribution is 0.500. The molecule has 102 valence electrons. The molecule has 0 amide bonds. The molecular formula is C15H17BrClNS. The fraction of sp³-hybridized carbons (Fsp3) is 0.333. The van der Waals surface area contributed by atoms with Crippen molar-refractivity contribution < 1.29 is 0 Å². The average Bonchev–Trinajstić information content (AvgIpc) is 2.92. The number of nitrogens with one attached hydrogen (secondary N) is 1. The van der Waals surface area contributed by atoms with Crippen LogP contribution in [0.25, 0.3) is 0 Å². The van der Waals surface area contributed by atoms with Crippen molar-refractivity contribution in [1.29, 1.82) is 0 Å². The molecule has 0 radical (unpaired) electrons. The summed E-state index contributed by atoms with van der Waals surface area (Å²) in [4.78, 5) is 1.40. The molecule has 1 heterocycles. The van der Waals surface area contributed by atoms with E-state index < -0.39 is 0 Å². The van der Waals surface area contributed by atoms with Gasteiger partial charge in [0, 0.05) is 27.0 Å². The molecule has 1 N–H and O–H groups in total. The molecule has 0 spiro atoms. The van der Waals surface area contributed by atoms with E-state index in [-0.39, 0.29) is 0 Å². The number of hydrogen-bond donors (Lipinski definition) is 1. The third-order valence-corrected chi connectivity index (χ3v) is 5.01. The Morgan fingerprint density at radius 1 is 1.37 bits per heavy atom.